The summed E-state index contributed by atoms with van der Waals surface area (Å²) in [5.41, 5.74) is 13.3. The highest BCUT2D eigenvalue weighted by Crippen LogP contribution is 2.46. The van der Waals surface area contributed by atoms with Crippen LogP contribution in [0.2, 0.25) is 0 Å². The first-order chi connectivity index (χ1) is 16.4. The first kappa shape index (κ1) is 21.0. The lowest BCUT2D eigenvalue weighted by Gasteiger charge is -2.49. The lowest BCUT2D eigenvalue weighted by Crippen LogP contribution is -2.58. The average Bonchev–Trinajstić information content (AvgIpc) is 3.26. The zero-order chi connectivity index (χ0) is 23.5. The highest BCUT2D eigenvalue weighted by atomic mass is 16.3. The van der Waals surface area contributed by atoms with E-state index in [9.17, 15) is 5.11 Å². The molecule has 0 saturated heterocycles. The Labute approximate surface area is 198 Å². The summed E-state index contributed by atoms with van der Waals surface area (Å²) < 4.78 is 2.10. The number of nitrogens with zero attached hydrogens (tertiary/aromatic N) is 4. The van der Waals surface area contributed by atoms with Crippen LogP contribution in [0, 0.1) is 0 Å². The predicted octanol–water partition coefficient (Wildman–Crippen LogP) is 4.87. The van der Waals surface area contributed by atoms with E-state index in [2.05, 4.69) is 64.0 Å². The van der Waals surface area contributed by atoms with Gasteiger partial charge >= 0.3 is 0 Å². The summed E-state index contributed by atoms with van der Waals surface area (Å²) >= 11 is 0. The molecule has 0 radical (unpaired) electrons. The molecule has 0 atom stereocenters. The molecule has 0 bridgehead atoms. The summed E-state index contributed by atoms with van der Waals surface area (Å²) in [5.74, 6) is 0.920. The Balaban J connectivity index is 1.53. The number of hydrogen-bond acceptors (Lipinski definition) is 5. The fourth-order valence-corrected chi connectivity index (χ4v) is 5.43. The molecule has 3 N–H and O–H groups in total. The standard InChI is InChI=1S/C28H27N5O/c1-3-24-31-32-25-14-13-22-23(33(24)25)15-21(18-7-5-4-6-8-18)26(30-22)19-9-11-20(12-10-19)28(29)16-27(2,34)17-28/h4-15,34H,3,16-17,29H2,1-2H3. The van der Waals surface area contributed by atoms with Gasteiger partial charge in [-0.25, -0.2) is 4.98 Å². The highest BCUT2D eigenvalue weighted by Gasteiger charge is 2.49. The van der Waals surface area contributed by atoms with Crippen molar-refractivity contribution in [3.05, 3.63) is 84.2 Å². The van der Waals surface area contributed by atoms with Crippen LogP contribution in [-0.2, 0) is 12.0 Å². The third kappa shape index (κ3) is 3.30. The molecule has 0 spiro atoms. The minimum Gasteiger partial charge on any atom is -0.390 e. The fourth-order valence-electron chi connectivity index (χ4n) is 5.43. The second-order valence-corrected chi connectivity index (χ2v) is 9.74. The van der Waals surface area contributed by atoms with Gasteiger partial charge in [0.15, 0.2) is 5.65 Å². The molecule has 1 saturated carbocycles. The highest BCUT2D eigenvalue weighted by molar-refractivity contribution is 5.91. The minimum absolute atomic E-state index is 0.475. The quantitative estimate of drug-likeness (QED) is 0.408. The maximum Gasteiger partial charge on any atom is 0.161 e. The van der Waals surface area contributed by atoms with Crippen LogP contribution in [0.25, 0.3) is 39.1 Å². The third-order valence-corrected chi connectivity index (χ3v) is 6.94. The van der Waals surface area contributed by atoms with E-state index in [0.717, 1.165) is 56.9 Å². The Morgan fingerprint density at radius 3 is 2.35 bits per heavy atom. The van der Waals surface area contributed by atoms with Crippen molar-refractivity contribution < 1.29 is 5.11 Å². The van der Waals surface area contributed by atoms with Crippen molar-refractivity contribution in [2.45, 2.75) is 44.2 Å². The van der Waals surface area contributed by atoms with Crippen LogP contribution < -0.4 is 5.73 Å². The summed E-state index contributed by atoms with van der Waals surface area (Å²) in [6, 6.07) is 24.8. The largest absolute Gasteiger partial charge is 0.390 e. The van der Waals surface area contributed by atoms with E-state index in [4.69, 9.17) is 10.7 Å². The van der Waals surface area contributed by atoms with E-state index in [1.54, 1.807) is 0 Å². The molecular weight excluding hydrogens is 422 g/mol. The van der Waals surface area contributed by atoms with Gasteiger partial charge in [-0.2, -0.15) is 0 Å². The number of rotatable bonds is 4. The number of fused-ring (bicyclic) bond motifs is 3. The summed E-state index contributed by atoms with van der Waals surface area (Å²) in [5, 5.41) is 18.9. The van der Waals surface area contributed by atoms with Crippen molar-refractivity contribution in [3.63, 3.8) is 0 Å². The topological polar surface area (TPSA) is 89.3 Å². The smallest absolute Gasteiger partial charge is 0.161 e. The van der Waals surface area contributed by atoms with Gasteiger partial charge in [-0.05, 0) is 49.1 Å². The van der Waals surface area contributed by atoms with Crippen LogP contribution >= 0.6 is 0 Å². The van der Waals surface area contributed by atoms with E-state index in [1.807, 2.05) is 37.3 Å². The molecule has 34 heavy (non-hydrogen) atoms. The molecule has 6 nitrogen and oxygen atoms in total. The van der Waals surface area contributed by atoms with Crippen LogP contribution in [0.5, 0.6) is 0 Å². The Bertz CT molecular complexity index is 1510. The van der Waals surface area contributed by atoms with Crippen molar-refractivity contribution in [2.75, 3.05) is 0 Å². The summed E-state index contributed by atoms with van der Waals surface area (Å²) in [7, 11) is 0. The zero-order valence-electron chi connectivity index (χ0n) is 19.4. The summed E-state index contributed by atoms with van der Waals surface area (Å²) in [6.07, 6.45) is 1.92. The maximum absolute atomic E-state index is 10.2. The van der Waals surface area contributed by atoms with Crippen molar-refractivity contribution >= 4 is 16.7 Å². The van der Waals surface area contributed by atoms with Gasteiger partial charge in [-0.1, -0.05) is 61.5 Å². The van der Waals surface area contributed by atoms with Gasteiger partial charge in [-0.15, -0.1) is 10.2 Å². The van der Waals surface area contributed by atoms with Gasteiger partial charge in [0, 0.05) is 23.1 Å². The first-order valence-corrected chi connectivity index (χ1v) is 11.7. The molecule has 6 heteroatoms. The normalized spacial score (nSPS) is 22.2. The summed E-state index contributed by atoms with van der Waals surface area (Å²) in [4.78, 5) is 5.13. The van der Waals surface area contributed by atoms with Gasteiger partial charge in [0.05, 0.1) is 22.3 Å². The molecule has 1 fully saturated rings. The van der Waals surface area contributed by atoms with Crippen molar-refractivity contribution in [2.24, 2.45) is 5.73 Å². The van der Waals surface area contributed by atoms with Gasteiger partial charge in [0.25, 0.3) is 0 Å². The van der Waals surface area contributed by atoms with Crippen molar-refractivity contribution in [3.8, 4) is 22.4 Å². The van der Waals surface area contributed by atoms with Gasteiger partial charge < -0.3 is 10.8 Å². The summed E-state index contributed by atoms with van der Waals surface area (Å²) in [6.45, 7) is 3.93. The molecule has 1 aliphatic carbocycles. The number of aliphatic hydroxyl groups is 1. The fraction of sp³-hybridized carbons (Fsp3) is 0.250. The molecule has 2 aromatic carbocycles. The molecule has 3 aromatic heterocycles. The van der Waals surface area contributed by atoms with Crippen molar-refractivity contribution in [1.82, 2.24) is 19.6 Å². The second-order valence-electron chi connectivity index (χ2n) is 9.74. The second kappa shape index (κ2) is 7.45. The van der Waals surface area contributed by atoms with E-state index >= 15 is 0 Å². The lowest BCUT2D eigenvalue weighted by molar-refractivity contribution is -0.0738. The van der Waals surface area contributed by atoms with Crippen LogP contribution in [0.1, 0.15) is 38.1 Å². The van der Waals surface area contributed by atoms with E-state index in [-0.39, 0.29) is 0 Å². The minimum atomic E-state index is -0.682. The third-order valence-electron chi connectivity index (χ3n) is 6.94. The zero-order valence-corrected chi connectivity index (χ0v) is 19.4. The van der Waals surface area contributed by atoms with E-state index < -0.39 is 11.1 Å². The van der Waals surface area contributed by atoms with Crippen LogP contribution in [0.15, 0.2) is 72.8 Å². The predicted molar refractivity (Wildman–Crippen MR) is 134 cm³/mol. The Kier molecular flexibility index (Phi) is 4.59. The number of hydrogen-bond donors (Lipinski definition) is 2. The number of aromatic nitrogens is 4. The maximum atomic E-state index is 10.2. The molecule has 0 aliphatic heterocycles. The van der Waals surface area contributed by atoms with Crippen LogP contribution in [0.3, 0.4) is 0 Å². The van der Waals surface area contributed by atoms with E-state index in [0.29, 0.717) is 12.8 Å². The van der Waals surface area contributed by atoms with Crippen molar-refractivity contribution in [1.29, 1.82) is 0 Å². The molecule has 0 amide bonds. The Morgan fingerprint density at radius 2 is 1.68 bits per heavy atom. The van der Waals surface area contributed by atoms with E-state index in [1.165, 1.54) is 0 Å². The Morgan fingerprint density at radius 1 is 0.941 bits per heavy atom. The number of nitrogens with two attached hydrogens (primary N) is 1. The molecule has 5 aromatic rings. The number of benzene rings is 2. The van der Waals surface area contributed by atoms with Gasteiger partial charge in [-0.3, -0.25) is 4.40 Å². The SMILES string of the molecule is CCc1nnc2ccc3nc(-c4ccc(C5(N)CC(C)(O)C5)cc4)c(-c4ccccc4)cc3n12. The number of pyridine rings is 2. The molecule has 6 rings (SSSR count). The van der Waals surface area contributed by atoms with Gasteiger partial charge in [0.2, 0.25) is 0 Å². The molecule has 1 aliphatic rings. The molecule has 170 valence electrons. The average molecular weight is 450 g/mol. The molecule has 3 heterocycles. The first-order valence-electron chi connectivity index (χ1n) is 11.7. The van der Waals surface area contributed by atoms with Gasteiger partial charge in [0.1, 0.15) is 5.82 Å². The monoisotopic (exact) mass is 449 g/mol. The Hall–Kier alpha value is -3.61. The van der Waals surface area contributed by atoms with Crippen LogP contribution in [-0.4, -0.2) is 30.3 Å². The molecular formula is C28H27N5O. The van der Waals surface area contributed by atoms with Crippen LogP contribution in [0.4, 0.5) is 0 Å². The molecule has 0 unspecified atom stereocenters. The lowest BCUT2D eigenvalue weighted by atomic mass is 9.63. The number of aryl methyl sites for hydroxylation is 1.